The normalized spacial score (nSPS) is 11.9. The first kappa shape index (κ1) is 16.9. The van der Waals surface area contributed by atoms with Crippen molar-refractivity contribution < 1.29 is 8.42 Å². The van der Waals surface area contributed by atoms with Gasteiger partial charge in [-0.3, -0.25) is 0 Å². The molecule has 0 bridgehead atoms. The molecule has 0 atom stereocenters. The van der Waals surface area contributed by atoms with Gasteiger partial charge in [0.1, 0.15) is 10.8 Å². The number of nitrogens with one attached hydrogen (secondary N) is 2. The zero-order chi connectivity index (χ0) is 14.8. The number of rotatable bonds is 9. The highest BCUT2D eigenvalue weighted by atomic mass is 32.2. The van der Waals surface area contributed by atoms with E-state index in [1.807, 2.05) is 5.38 Å². The minimum Gasteiger partial charge on any atom is -0.370 e. The van der Waals surface area contributed by atoms with Gasteiger partial charge in [-0.1, -0.05) is 5.92 Å². The molecule has 1 aromatic heterocycles. The summed E-state index contributed by atoms with van der Waals surface area (Å²) < 4.78 is 22.5. The molecule has 1 aromatic rings. The molecule has 2 N–H and O–H groups in total. The van der Waals surface area contributed by atoms with Crippen LogP contribution in [0.5, 0.6) is 0 Å². The van der Waals surface area contributed by atoms with Crippen LogP contribution in [0, 0.1) is 12.3 Å². The molecule has 0 aliphatic rings. The number of terminal acetylenes is 1. The van der Waals surface area contributed by atoms with Crippen molar-refractivity contribution in [2.24, 2.45) is 0 Å². The van der Waals surface area contributed by atoms with E-state index in [1.54, 1.807) is 29.3 Å². The highest BCUT2D eigenvalue weighted by Crippen LogP contribution is 2.13. The Morgan fingerprint density at radius 3 is 3.00 bits per heavy atom. The number of thiazole rings is 1. The maximum atomic E-state index is 11.2. The van der Waals surface area contributed by atoms with Crippen molar-refractivity contribution in [1.29, 1.82) is 0 Å². The van der Waals surface area contributed by atoms with Crippen molar-refractivity contribution in [2.75, 3.05) is 25.1 Å². The fraction of sp³-hybridized carbons (Fsp3) is 0.417. The lowest BCUT2D eigenvalue weighted by Gasteiger charge is -2.11. The van der Waals surface area contributed by atoms with Crippen molar-refractivity contribution >= 4 is 32.9 Å². The van der Waals surface area contributed by atoms with Crippen molar-refractivity contribution in [1.82, 2.24) is 15.6 Å². The third kappa shape index (κ3) is 8.09. The van der Waals surface area contributed by atoms with Gasteiger partial charge in [0.25, 0.3) is 0 Å². The first-order chi connectivity index (χ1) is 9.51. The summed E-state index contributed by atoms with van der Waals surface area (Å²) in [6, 6.07) is 0. The predicted molar refractivity (Wildman–Crippen MR) is 86.0 cm³/mol. The van der Waals surface area contributed by atoms with Crippen molar-refractivity contribution in [3.05, 3.63) is 27.8 Å². The topological polar surface area (TPSA) is 71.1 Å². The lowest BCUT2D eigenvalue weighted by atomic mass is 10.6. The standard InChI is InChI=1S/C12H17N3O2S3/c1-3-4-13-11(10-20(2,16)17)14-5-7-18-9-12-15-6-8-19-12/h1,6,8,10,13-14H,4-5,7,9H2,2H3. The van der Waals surface area contributed by atoms with Gasteiger partial charge in [-0.15, -0.1) is 17.8 Å². The summed E-state index contributed by atoms with van der Waals surface area (Å²) >= 11 is 3.36. The Hall–Kier alpha value is -1.17. The molecular weight excluding hydrogens is 314 g/mol. The average Bonchev–Trinajstić information content (AvgIpc) is 2.86. The molecule has 0 aromatic carbocycles. The largest absolute Gasteiger partial charge is 0.370 e. The molecule has 0 amide bonds. The van der Waals surface area contributed by atoms with E-state index in [9.17, 15) is 8.42 Å². The van der Waals surface area contributed by atoms with Gasteiger partial charge < -0.3 is 10.6 Å². The van der Waals surface area contributed by atoms with E-state index in [4.69, 9.17) is 6.42 Å². The van der Waals surface area contributed by atoms with Gasteiger partial charge in [0, 0.05) is 35.9 Å². The van der Waals surface area contributed by atoms with Crippen LogP contribution in [0.15, 0.2) is 22.8 Å². The van der Waals surface area contributed by atoms with Crippen LogP contribution in [-0.2, 0) is 15.6 Å². The van der Waals surface area contributed by atoms with Gasteiger partial charge in [0.15, 0.2) is 9.84 Å². The first-order valence-electron chi connectivity index (χ1n) is 5.80. The highest BCUT2D eigenvalue weighted by Gasteiger charge is 2.02. The van der Waals surface area contributed by atoms with E-state index in [0.29, 0.717) is 12.4 Å². The van der Waals surface area contributed by atoms with E-state index in [0.717, 1.165) is 28.2 Å². The molecule has 0 aliphatic heterocycles. The average molecular weight is 331 g/mol. The predicted octanol–water partition coefficient (Wildman–Crippen LogP) is 1.03. The number of thioether (sulfide) groups is 1. The van der Waals surface area contributed by atoms with Crippen LogP contribution in [0.1, 0.15) is 5.01 Å². The van der Waals surface area contributed by atoms with E-state index < -0.39 is 9.84 Å². The molecular formula is C12H17N3O2S3. The molecule has 8 heteroatoms. The van der Waals surface area contributed by atoms with Crippen LogP contribution in [0.3, 0.4) is 0 Å². The zero-order valence-electron chi connectivity index (χ0n) is 11.1. The maximum absolute atomic E-state index is 11.2. The highest BCUT2D eigenvalue weighted by molar-refractivity contribution is 7.98. The molecule has 0 unspecified atom stereocenters. The molecule has 1 heterocycles. The summed E-state index contributed by atoms with van der Waals surface area (Å²) in [6.07, 6.45) is 8.07. The molecule has 0 saturated carbocycles. The van der Waals surface area contributed by atoms with Crippen molar-refractivity contribution in [3.63, 3.8) is 0 Å². The third-order valence-corrected chi connectivity index (χ3v) is 4.58. The molecule has 5 nitrogen and oxygen atoms in total. The summed E-state index contributed by atoms with van der Waals surface area (Å²) in [5.41, 5.74) is 0. The molecule has 0 aliphatic carbocycles. The lowest BCUT2D eigenvalue weighted by Crippen LogP contribution is -2.29. The van der Waals surface area contributed by atoms with E-state index >= 15 is 0 Å². The minimum absolute atomic E-state index is 0.278. The summed E-state index contributed by atoms with van der Waals surface area (Å²) in [4.78, 5) is 4.19. The number of hydrogen-bond acceptors (Lipinski definition) is 7. The van der Waals surface area contributed by atoms with Gasteiger partial charge in [-0.2, -0.15) is 11.8 Å². The fourth-order valence-corrected chi connectivity index (χ4v) is 3.41. The molecule has 1 rings (SSSR count). The van der Waals surface area contributed by atoms with Crippen LogP contribution in [0.2, 0.25) is 0 Å². The maximum Gasteiger partial charge on any atom is 0.172 e. The first-order valence-corrected chi connectivity index (χ1v) is 9.79. The number of sulfone groups is 1. The quantitative estimate of drug-likeness (QED) is 0.520. The molecule has 0 saturated heterocycles. The molecule has 0 spiro atoms. The third-order valence-electron chi connectivity index (χ3n) is 1.98. The van der Waals surface area contributed by atoms with E-state index in [2.05, 4.69) is 21.5 Å². The molecule has 110 valence electrons. The SMILES string of the molecule is C#CCNC(=CS(C)(=O)=O)NCCSCc1nccs1. The van der Waals surface area contributed by atoms with Gasteiger partial charge in [0.2, 0.25) is 0 Å². The summed E-state index contributed by atoms with van der Waals surface area (Å²) in [5, 5.41) is 10.1. The number of aromatic nitrogens is 1. The van der Waals surface area contributed by atoms with Crippen LogP contribution >= 0.6 is 23.1 Å². The van der Waals surface area contributed by atoms with Crippen LogP contribution in [-0.4, -0.2) is 38.5 Å². The number of nitrogens with zero attached hydrogens (tertiary/aromatic N) is 1. The Labute approximate surface area is 128 Å². The number of hydrogen-bond donors (Lipinski definition) is 2. The van der Waals surface area contributed by atoms with Crippen LogP contribution in [0.4, 0.5) is 0 Å². The van der Waals surface area contributed by atoms with Crippen molar-refractivity contribution in [2.45, 2.75) is 5.75 Å². The van der Waals surface area contributed by atoms with Crippen LogP contribution < -0.4 is 10.6 Å². The van der Waals surface area contributed by atoms with Crippen LogP contribution in [0.25, 0.3) is 0 Å². The summed E-state index contributed by atoms with van der Waals surface area (Å²) in [6.45, 7) is 0.926. The van der Waals surface area contributed by atoms with Gasteiger partial charge >= 0.3 is 0 Å². The van der Waals surface area contributed by atoms with Gasteiger partial charge in [-0.05, 0) is 0 Å². The molecule has 20 heavy (non-hydrogen) atoms. The Morgan fingerprint density at radius 2 is 2.40 bits per heavy atom. The second-order valence-corrected chi connectivity index (χ2v) is 7.80. The van der Waals surface area contributed by atoms with Gasteiger partial charge in [0.05, 0.1) is 12.0 Å². The molecule has 0 radical (unpaired) electrons. The second kappa shape index (κ2) is 8.89. The minimum atomic E-state index is -3.20. The van der Waals surface area contributed by atoms with Gasteiger partial charge in [-0.25, -0.2) is 13.4 Å². The van der Waals surface area contributed by atoms with E-state index in [1.165, 1.54) is 0 Å². The van der Waals surface area contributed by atoms with Crippen molar-refractivity contribution in [3.8, 4) is 12.3 Å². The smallest absolute Gasteiger partial charge is 0.172 e. The Bertz CT molecular complexity index is 559. The van der Waals surface area contributed by atoms with E-state index in [-0.39, 0.29) is 6.54 Å². The zero-order valence-corrected chi connectivity index (χ0v) is 13.6. The Balaban J connectivity index is 2.31. The summed E-state index contributed by atoms with van der Waals surface area (Å²) in [7, 11) is -3.20. The molecule has 0 fully saturated rings. The fourth-order valence-electron chi connectivity index (χ4n) is 1.25. The lowest BCUT2D eigenvalue weighted by molar-refractivity contribution is 0.608. The summed E-state index contributed by atoms with van der Waals surface area (Å²) in [5.74, 6) is 4.55. The Kier molecular flexibility index (Phi) is 7.51. The Morgan fingerprint density at radius 1 is 1.60 bits per heavy atom. The second-order valence-electron chi connectivity index (χ2n) is 3.82. The monoisotopic (exact) mass is 331 g/mol.